The lowest BCUT2D eigenvalue weighted by Gasteiger charge is -2.31. The van der Waals surface area contributed by atoms with Crippen LogP contribution < -0.4 is 5.73 Å². The zero-order valence-electron chi connectivity index (χ0n) is 10.5. The lowest BCUT2D eigenvalue weighted by molar-refractivity contribution is 0.201. The van der Waals surface area contributed by atoms with Crippen LogP contribution in [0.4, 0.5) is 0 Å². The average molecular weight is 285 g/mol. The summed E-state index contributed by atoms with van der Waals surface area (Å²) in [5.41, 5.74) is 8.41. The molecule has 0 aromatic heterocycles. The van der Waals surface area contributed by atoms with E-state index in [0.29, 0.717) is 12.6 Å². The second kappa shape index (κ2) is 5.80. The number of hydrogen-bond donors (Lipinski definition) is 1. The zero-order valence-corrected chi connectivity index (χ0v) is 12.1. The van der Waals surface area contributed by atoms with Crippen LogP contribution in [0.25, 0.3) is 0 Å². The molecule has 0 radical (unpaired) electrons. The quantitative estimate of drug-likeness (QED) is 0.921. The summed E-state index contributed by atoms with van der Waals surface area (Å²) in [6.07, 6.45) is 0. The van der Waals surface area contributed by atoms with Crippen molar-refractivity contribution in [3.05, 3.63) is 33.8 Å². The molecule has 0 aliphatic carbocycles. The Hall–Kier alpha value is -0.380. The van der Waals surface area contributed by atoms with Crippen LogP contribution in [0.2, 0.25) is 0 Å². The highest BCUT2D eigenvalue weighted by Gasteiger charge is 2.18. The van der Waals surface area contributed by atoms with Crippen molar-refractivity contribution in [3.63, 3.8) is 0 Å². The molecule has 2 nitrogen and oxygen atoms in total. The van der Waals surface area contributed by atoms with E-state index < -0.39 is 0 Å². The van der Waals surface area contributed by atoms with E-state index in [1.165, 1.54) is 11.1 Å². The zero-order chi connectivity index (χ0) is 12.3. The Morgan fingerprint density at radius 3 is 2.44 bits per heavy atom. The van der Waals surface area contributed by atoms with E-state index in [9.17, 15) is 0 Å². The Bertz CT molecular complexity index is 350. The van der Waals surface area contributed by atoms with Gasteiger partial charge in [0.1, 0.15) is 0 Å². The molecular weight excluding hydrogens is 264 g/mol. The largest absolute Gasteiger partial charge is 0.329 e. The lowest BCUT2D eigenvalue weighted by atomic mass is 10.0. The van der Waals surface area contributed by atoms with Crippen LogP contribution in [0.3, 0.4) is 0 Å². The average Bonchev–Trinajstić information content (AvgIpc) is 2.24. The molecule has 1 atom stereocenters. The van der Waals surface area contributed by atoms with Crippen molar-refractivity contribution in [2.75, 3.05) is 13.6 Å². The van der Waals surface area contributed by atoms with Crippen molar-refractivity contribution in [2.24, 2.45) is 5.73 Å². The predicted molar refractivity (Wildman–Crippen MR) is 73.6 cm³/mol. The van der Waals surface area contributed by atoms with Gasteiger partial charge in [-0.1, -0.05) is 28.1 Å². The van der Waals surface area contributed by atoms with Crippen LogP contribution in [-0.4, -0.2) is 24.5 Å². The Morgan fingerprint density at radius 1 is 1.38 bits per heavy atom. The molecule has 1 aromatic rings. The Kier molecular flexibility index (Phi) is 4.96. The maximum Gasteiger partial charge on any atom is 0.0470 e. The minimum Gasteiger partial charge on any atom is -0.329 e. The molecule has 0 fully saturated rings. The van der Waals surface area contributed by atoms with Crippen LogP contribution in [0.15, 0.2) is 22.7 Å². The fraction of sp³-hybridized carbons (Fsp3) is 0.538. The third-order valence-electron chi connectivity index (χ3n) is 3.11. The summed E-state index contributed by atoms with van der Waals surface area (Å²) in [6.45, 7) is 7.11. The molecule has 0 saturated heterocycles. The van der Waals surface area contributed by atoms with Gasteiger partial charge in [-0.3, -0.25) is 4.90 Å². The predicted octanol–water partition coefficient (Wildman–Crippen LogP) is 3.10. The Balaban J connectivity index is 2.99. The van der Waals surface area contributed by atoms with Crippen molar-refractivity contribution in [1.29, 1.82) is 0 Å². The van der Waals surface area contributed by atoms with Crippen LogP contribution in [0.1, 0.15) is 31.0 Å². The molecule has 0 amide bonds. The number of nitrogens with two attached hydrogens (primary N) is 1. The summed E-state index contributed by atoms with van der Waals surface area (Å²) in [6, 6.07) is 7.25. The van der Waals surface area contributed by atoms with Crippen molar-refractivity contribution in [2.45, 2.75) is 32.9 Å². The first-order chi connectivity index (χ1) is 7.47. The van der Waals surface area contributed by atoms with Gasteiger partial charge >= 0.3 is 0 Å². The first-order valence-corrected chi connectivity index (χ1v) is 6.44. The number of aryl methyl sites for hydroxylation is 1. The molecule has 2 N–H and O–H groups in total. The smallest absolute Gasteiger partial charge is 0.0470 e. The van der Waals surface area contributed by atoms with Gasteiger partial charge in [-0.05, 0) is 45.0 Å². The van der Waals surface area contributed by atoms with E-state index >= 15 is 0 Å². The topological polar surface area (TPSA) is 29.3 Å². The summed E-state index contributed by atoms with van der Waals surface area (Å²) >= 11 is 3.57. The van der Waals surface area contributed by atoms with Gasteiger partial charge in [-0.25, -0.2) is 0 Å². The van der Waals surface area contributed by atoms with Gasteiger partial charge in [0, 0.05) is 23.1 Å². The van der Waals surface area contributed by atoms with Gasteiger partial charge in [0.05, 0.1) is 0 Å². The van der Waals surface area contributed by atoms with Gasteiger partial charge in [0.25, 0.3) is 0 Å². The van der Waals surface area contributed by atoms with Gasteiger partial charge < -0.3 is 5.73 Å². The second-order valence-electron chi connectivity index (χ2n) is 4.52. The van der Waals surface area contributed by atoms with Crippen LogP contribution in [0, 0.1) is 6.92 Å². The Labute approximate surface area is 107 Å². The molecule has 0 saturated carbocycles. The molecule has 0 heterocycles. The highest BCUT2D eigenvalue weighted by molar-refractivity contribution is 9.10. The lowest BCUT2D eigenvalue weighted by Crippen LogP contribution is -2.35. The molecule has 3 heteroatoms. The van der Waals surface area contributed by atoms with Gasteiger partial charge in [0.2, 0.25) is 0 Å². The highest BCUT2D eigenvalue weighted by atomic mass is 79.9. The number of halogens is 1. The number of likely N-dealkylation sites (N-methyl/N-ethyl adjacent to an activating group) is 1. The first-order valence-electron chi connectivity index (χ1n) is 5.65. The number of benzene rings is 1. The number of hydrogen-bond acceptors (Lipinski definition) is 2. The van der Waals surface area contributed by atoms with Gasteiger partial charge in [-0.15, -0.1) is 0 Å². The SMILES string of the molecule is Cc1ccc(C(CN)N(C)C(C)C)cc1Br. The first kappa shape index (κ1) is 13.7. The summed E-state index contributed by atoms with van der Waals surface area (Å²) in [4.78, 5) is 2.30. The maximum absolute atomic E-state index is 5.87. The Morgan fingerprint density at radius 2 is 2.00 bits per heavy atom. The third-order valence-corrected chi connectivity index (χ3v) is 3.96. The van der Waals surface area contributed by atoms with Crippen molar-refractivity contribution >= 4 is 15.9 Å². The van der Waals surface area contributed by atoms with E-state index in [0.717, 1.165) is 4.47 Å². The summed E-state index contributed by atoms with van der Waals surface area (Å²) < 4.78 is 1.15. The molecular formula is C13H21BrN2. The van der Waals surface area contributed by atoms with E-state index in [1.54, 1.807) is 0 Å². The maximum atomic E-state index is 5.87. The summed E-state index contributed by atoms with van der Waals surface area (Å²) in [5.74, 6) is 0. The fourth-order valence-corrected chi connectivity index (χ4v) is 2.11. The normalized spacial score (nSPS) is 13.5. The van der Waals surface area contributed by atoms with Crippen molar-refractivity contribution in [3.8, 4) is 0 Å². The molecule has 0 aliphatic rings. The third kappa shape index (κ3) is 3.06. The van der Waals surface area contributed by atoms with E-state index in [-0.39, 0.29) is 6.04 Å². The summed E-state index contributed by atoms with van der Waals surface area (Å²) in [7, 11) is 2.12. The minimum absolute atomic E-state index is 0.289. The summed E-state index contributed by atoms with van der Waals surface area (Å²) in [5, 5.41) is 0. The van der Waals surface area contributed by atoms with Crippen LogP contribution >= 0.6 is 15.9 Å². The highest BCUT2D eigenvalue weighted by Crippen LogP contribution is 2.25. The van der Waals surface area contributed by atoms with E-state index in [1.807, 2.05) is 0 Å². The molecule has 0 bridgehead atoms. The van der Waals surface area contributed by atoms with Gasteiger partial charge in [-0.2, -0.15) is 0 Å². The minimum atomic E-state index is 0.289. The second-order valence-corrected chi connectivity index (χ2v) is 5.37. The molecule has 90 valence electrons. The van der Waals surface area contributed by atoms with Crippen LogP contribution in [-0.2, 0) is 0 Å². The molecule has 1 rings (SSSR count). The molecule has 0 spiro atoms. The molecule has 1 unspecified atom stereocenters. The standard InChI is InChI=1S/C13H21BrN2/c1-9(2)16(4)13(8-15)11-6-5-10(3)12(14)7-11/h5-7,9,13H,8,15H2,1-4H3. The monoisotopic (exact) mass is 284 g/mol. The van der Waals surface area contributed by atoms with E-state index in [4.69, 9.17) is 5.73 Å². The molecule has 16 heavy (non-hydrogen) atoms. The van der Waals surface area contributed by atoms with Crippen molar-refractivity contribution in [1.82, 2.24) is 4.90 Å². The van der Waals surface area contributed by atoms with Gasteiger partial charge in [0.15, 0.2) is 0 Å². The molecule has 0 aliphatic heterocycles. The number of nitrogens with zero attached hydrogens (tertiary/aromatic N) is 1. The molecule has 1 aromatic carbocycles. The number of rotatable bonds is 4. The fourth-order valence-electron chi connectivity index (χ4n) is 1.71. The van der Waals surface area contributed by atoms with E-state index in [2.05, 4.69) is 66.8 Å². The van der Waals surface area contributed by atoms with Crippen molar-refractivity contribution < 1.29 is 0 Å². The van der Waals surface area contributed by atoms with Crippen LogP contribution in [0.5, 0.6) is 0 Å².